The number of nitrogens with zero attached hydrogens (tertiary/aromatic N) is 3. The second-order valence-electron chi connectivity index (χ2n) is 6.06. The first-order valence-corrected chi connectivity index (χ1v) is 8.62. The molecule has 1 amide bonds. The number of carbonyl (C=O) groups is 1. The van der Waals surface area contributed by atoms with Crippen LogP contribution < -0.4 is 11.0 Å². The minimum Gasteiger partial charge on any atom is -0.326 e. The summed E-state index contributed by atoms with van der Waals surface area (Å²) in [5.41, 5.74) is 2.83. The molecule has 0 radical (unpaired) electrons. The van der Waals surface area contributed by atoms with Gasteiger partial charge in [-0.25, -0.2) is 4.79 Å². The summed E-state index contributed by atoms with van der Waals surface area (Å²) in [6.07, 6.45) is 1.06. The molecule has 6 heteroatoms. The van der Waals surface area contributed by atoms with E-state index in [1.807, 2.05) is 37.3 Å². The SMILES string of the molecule is CCCn1c(=O)n(CCC(=O)Nc2ccc(C#N)cc2)c2ccccc21. The van der Waals surface area contributed by atoms with Crippen molar-refractivity contribution in [3.63, 3.8) is 0 Å². The van der Waals surface area contributed by atoms with Crippen LogP contribution in [0.1, 0.15) is 25.3 Å². The van der Waals surface area contributed by atoms with Crippen LogP contribution in [0.3, 0.4) is 0 Å². The molecule has 0 aliphatic heterocycles. The van der Waals surface area contributed by atoms with Crippen LogP contribution >= 0.6 is 0 Å². The number of rotatable bonds is 6. The van der Waals surface area contributed by atoms with Gasteiger partial charge in [-0.05, 0) is 42.8 Å². The van der Waals surface area contributed by atoms with Crippen molar-refractivity contribution < 1.29 is 4.79 Å². The fourth-order valence-corrected chi connectivity index (χ4v) is 2.99. The number of nitrogens with one attached hydrogen (secondary N) is 1. The molecular formula is C20H20N4O2. The van der Waals surface area contributed by atoms with Crippen molar-refractivity contribution in [3.05, 3.63) is 64.6 Å². The van der Waals surface area contributed by atoms with Gasteiger partial charge in [-0.15, -0.1) is 0 Å². The molecule has 0 atom stereocenters. The van der Waals surface area contributed by atoms with Gasteiger partial charge in [-0.2, -0.15) is 5.26 Å². The van der Waals surface area contributed by atoms with Crippen molar-refractivity contribution >= 4 is 22.6 Å². The van der Waals surface area contributed by atoms with Gasteiger partial charge in [0.1, 0.15) is 0 Å². The van der Waals surface area contributed by atoms with Crippen LogP contribution in [0, 0.1) is 11.3 Å². The summed E-state index contributed by atoms with van der Waals surface area (Å²) in [6.45, 7) is 3.01. The Balaban J connectivity index is 1.75. The highest BCUT2D eigenvalue weighted by molar-refractivity contribution is 5.90. The Bertz CT molecular complexity index is 1020. The molecule has 1 heterocycles. The number of fused-ring (bicyclic) bond motifs is 1. The third-order valence-electron chi connectivity index (χ3n) is 4.23. The third kappa shape index (κ3) is 3.52. The summed E-state index contributed by atoms with van der Waals surface area (Å²) < 4.78 is 3.41. The topological polar surface area (TPSA) is 79.8 Å². The molecule has 1 N–H and O–H groups in total. The number of aromatic nitrogens is 2. The van der Waals surface area contributed by atoms with Crippen LogP contribution in [-0.2, 0) is 17.9 Å². The van der Waals surface area contributed by atoms with E-state index in [4.69, 9.17) is 5.26 Å². The Morgan fingerprint density at radius 2 is 1.65 bits per heavy atom. The van der Waals surface area contributed by atoms with Crippen molar-refractivity contribution in [2.45, 2.75) is 32.9 Å². The molecule has 0 saturated carbocycles. The third-order valence-corrected chi connectivity index (χ3v) is 4.23. The summed E-state index contributed by atoms with van der Waals surface area (Å²) >= 11 is 0. The van der Waals surface area contributed by atoms with Crippen molar-refractivity contribution in [2.24, 2.45) is 0 Å². The average Bonchev–Trinajstić information content (AvgIpc) is 2.93. The first-order valence-electron chi connectivity index (χ1n) is 8.62. The van der Waals surface area contributed by atoms with Crippen LogP contribution in [0.4, 0.5) is 5.69 Å². The minimum absolute atomic E-state index is 0.0841. The van der Waals surface area contributed by atoms with E-state index in [9.17, 15) is 9.59 Å². The van der Waals surface area contributed by atoms with E-state index < -0.39 is 0 Å². The highest BCUT2D eigenvalue weighted by Gasteiger charge is 2.13. The van der Waals surface area contributed by atoms with Gasteiger partial charge in [0.15, 0.2) is 0 Å². The predicted molar refractivity (Wildman–Crippen MR) is 101 cm³/mol. The number of aryl methyl sites for hydroxylation is 2. The zero-order valence-electron chi connectivity index (χ0n) is 14.6. The van der Waals surface area contributed by atoms with E-state index in [2.05, 4.69) is 5.32 Å². The first-order chi connectivity index (χ1) is 12.6. The number of anilines is 1. The molecule has 0 unspecified atom stereocenters. The summed E-state index contributed by atoms with van der Waals surface area (Å²) in [4.78, 5) is 24.9. The predicted octanol–water partition coefficient (Wildman–Crippen LogP) is 3.11. The molecule has 3 rings (SSSR count). The van der Waals surface area contributed by atoms with Gasteiger partial charge in [-0.3, -0.25) is 13.9 Å². The second kappa shape index (κ2) is 7.70. The van der Waals surface area contributed by atoms with Crippen LogP contribution in [-0.4, -0.2) is 15.0 Å². The van der Waals surface area contributed by atoms with E-state index in [0.29, 0.717) is 24.3 Å². The van der Waals surface area contributed by atoms with Gasteiger partial charge in [0.2, 0.25) is 5.91 Å². The van der Waals surface area contributed by atoms with E-state index in [-0.39, 0.29) is 18.0 Å². The number of imidazole rings is 1. The molecule has 132 valence electrons. The van der Waals surface area contributed by atoms with Crippen molar-refractivity contribution in [3.8, 4) is 6.07 Å². The second-order valence-corrected chi connectivity index (χ2v) is 6.06. The number of hydrogen-bond acceptors (Lipinski definition) is 3. The van der Waals surface area contributed by atoms with E-state index in [1.165, 1.54) is 0 Å². The largest absolute Gasteiger partial charge is 0.329 e. The van der Waals surface area contributed by atoms with Gasteiger partial charge >= 0.3 is 5.69 Å². The summed E-state index contributed by atoms with van der Waals surface area (Å²) in [6, 6.07) is 16.4. The molecular weight excluding hydrogens is 328 g/mol. The number of amides is 1. The smallest absolute Gasteiger partial charge is 0.326 e. The highest BCUT2D eigenvalue weighted by atomic mass is 16.2. The first kappa shape index (κ1) is 17.5. The van der Waals surface area contributed by atoms with Gasteiger partial charge in [0, 0.05) is 25.2 Å². The Morgan fingerprint density at radius 1 is 1.04 bits per heavy atom. The molecule has 0 bridgehead atoms. The number of nitriles is 1. The minimum atomic E-state index is -0.172. The summed E-state index contributed by atoms with van der Waals surface area (Å²) in [5.74, 6) is -0.172. The molecule has 6 nitrogen and oxygen atoms in total. The lowest BCUT2D eigenvalue weighted by Crippen LogP contribution is -2.26. The zero-order valence-corrected chi connectivity index (χ0v) is 14.6. The Morgan fingerprint density at radius 3 is 2.23 bits per heavy atom. The van der Waals surface area contributed by atoms with Gasteiger partial charge in [-0.1, -0.05) is 19.1 Å². The van der Waals surface area contributed by atoms with Crippen molar-refractivity contribution in [1.29, 1.82) is 5.26 Å². The number of hydrogen-bond donors (Lipinski definition) is 1. The molecule has 0 fully saturated rings. The standard InChI is InChI=1S/C20H20N4O2/c1-2-12-23-17-5-3-4-6-18(17)24(20(23)26)13-11-19(25)22-16-9-7-15(14-21)8-10-16/h3-10H,2,11-13H2,1H3,(H,22,25). The maximum atomic E-state index is 12.7. The Labute approximate surface area is 151 Å². The van der Waals surface area contributed by atoms with Crippen LogP contribution in [0.5, 0.6) is 0 Å². The van der Waals surface area contributed by atoms with E-state index in [0.717, 1.165) is 17.5 Å². The summed E-state index contributed by atoms with van der Waals surface area (Å²) in [7, 11) is 0. The van der Waals surface area contributed by atoms with E-state index in [1.54, 1.807) is 33.4 Å². The lowest BCUT2D eigenvalue weighted by Gasteiger charge is -2.06. The quantitative estimate of drug-likeness (QED) is 0.743. The highest BCUT2D eigenvalue weighted by Crippen LogP contribution is 2.14. The van der Waals surface area contributed by atoms with Crippen LogP contribution in [0.2, 0.25) is 0 Å². The zero-order chi connectivity index (χ0) is 18.5. The maximum Gasteiger partial charge on any atom is 0.329 e. The normalized spacial score (nSPS) is 10.6. The fraction of sp³-hybridized carbons (Fsp3) is 0.250. The molecule has 0 aliphatic rings. The molecule has 0 saturated heterocycles. The molecule has 3 aromatic rings. The molecule has 1 aromatic heterocycles. The van der Waals surface area contributed by atoms with Crippen molar-refractivity contribution in [1.82, 2.24) is 9.13 Å². The lowest BCUT2D eigenvalue weighted by atomic mass is 10.2. The molecule has 0 spiro atoms. The Hall–Kier alpha value is -3.33. The molecule has 2 aromatic carbocycles. The van der Waals surface area contributed by atoms with Crippen LogP contribution in [0.15, 0.2) is 53.3 Å². The van der Waals surface area contributed by atoms with Crippen molar-refractivity contribution in [2.75, 3.05) is 5.32 Å². The average molecular weight is 348 g/mol. The number of para-hydroxylation sites is 2. The lowest BCUT2D eigenvalue weighted by molar-refractivity contribution is -0.116. The van der Waals surface area contributed by atoms with Crippen LogP contribution in [0.25, 0.3) is 11.0 Å². The van der Waals surface area contributed by atoms with Gasteiger partial charge < -0.3 is 5.32 Å². The maximum absolute atomic E-state index is 12.7. The number of carbonyl (C=O) groups excluding carboxylic acids is 1. The van der Waals surface area contributed by atoms with E-state index >= 15 is 0 Å². The summed E-state index contributed by atoms with van der Waals surface area (Å²) in [5, 5.41) is 11.6. The fourth-order valence-electron chi connectivity index (χ4n) is 2.99. The monoisotopic (exact) mass is 348 g/mol. The number of benzene rings is 2. The Kier molecular flexibility index (Phi) is 5.18. The van der Waals surface area contributed by atoms with Gasteiger partial charge in [0.25, 0.3) is 0 Å². The van der Waals surface area contributed by atoms with Gasteiger partial charge in [0.05, 0.1) is 22.7 Å². The molecule has 26 heavy (non-hydrogen) atoms. The molecule has 0 aliphatic carbocycles.